The summed E-state index contributed by atoms with van der Waals surface area (Å²) in [6.07, 6.45) is 4.36. The van der Waals surface area contributed by atoms with E-state index in [1.165, 1.54) is 12.8 Å². The number of esters is 1. The Hall–Kier alpha value is -0.251. The van der Waals surface area contributed by atoms with Crippen LogP contribution in [0.4, 0.5) is 0 Å². The van der Waals surface area contributed by atoms with Crippen LogP contribution in [0.3, 0.4) is 0 Å². The van der Waals surface area contributed by atoms with Gasteiger partial charge in [0.25, 0.3) is 0 Å². The molecule has 0 spiro atoms. The maximum atomic E-state index is 11.8. The zero-order chi connectivity index (χ0) is 13.4. The Balaban J connectivity index is 2.52. The Morgan fingerprint density at radius 3 is 2.72 bits per heavy atom. The van der Waals surface area contributed by atoms with Gasteiger partial charge in [-0.3, -0.25) is 0 Å². The number of aryl methyl sites for hydroxylation is 1. The van der Waals surface area contributed by atoms with Crippen molar-refractivity contribution in [1.82, 2.24) is 4.98 Å². The van der Waals surface area contributed by atoms with Gasteiger partial charge < -0.3 is 0 Å². The van der Waals surface area contributed by atoms with Crippen LogP contribution in [-0.4, -0.2) is 37.8 Å². The second kappa shape index (κ2) is 8.78. The van der Waals surface area contributed by atoms with Crippen molar-refractivity contribution in [2.45, 2.75) is 50.4 Å². The van der Waals surface area contributed by atoms with Crippen LogP contribution in [0.5, 0.6) is 0 Å². The molecular formula is C13H21NO2SSe. The third kappa shape index (κ3) is 5.17. The Bertz CT molecular complexity index is 379. The Labute approximate surface area is 119 Å². The molecule has 102 valence electrons. The van der Waals surface area contributed by atoms with Crippen LogP contribution in [-0.2, 0) is 4.74 Å². The number of carbonyl (C=O) groups is 1. The number of nitrogens with zero attached hydrogens (tertiary/aromatic N) is 1. The summed E-state index contributed by atoms with van der Waals surface area (Å²) in [7, 11) is 0. The molecule has 1 rings (SSSR count). The topological polar surface area (TPSA) is 39.2 Å². The summed E-state index contributed by atoms with van der Waals surface area (Å²) in [4.78, 5) is 16.3. The molecule has 0 aliphatic carbocycles. The molecule has 0 atom stereocenters. The van der Waals surface area contributed by atoms with Gasteiger partial charge in [0, 0.05) is 0 Å². The van der Waals surface area contributed by atoms with Crippen molar-refractivity contribution in [1.29, 1.82) is 0 Å². The Kier molecular flexibility index (Phi) is 7.71. The number of carbonyl (C=O) groups excluding carboxylic acids is 1. The van der Waals surface area contributed by atoms with Crippen molar-refractivity contribution >= 4 is 32.2 Å². The van der Waals surface area contributed by atoms with E-state index in [-0.39, 0.29) is 20.5 Å². The summed E-state index contributed by atoms with van der Waals surface area (Å²) in [6.45, 7) is 6.76. The third-order valence-corrected chi connectivity index (χ3v) is 6.04. The van der Waals surface area contributed by atoms with E-state index in [4.69, 9.17) is 4.74 Å². The molecule has 0 aromatic carbocycles. The first kappa shape index (κ1) is 15.8. The quantitative estimate of drug-likeness (QED) is 0.316. The van der Waals surface area contributed by atoms with E-state index in [0.29, 0.717) is 12.3 Å². The van der Waals surface area contributed by atoms with Gasteiger partial charge in [-0.25, -0.2) is 0 Å². The van der Waals surface area contributed by atoms with Crippen molar-refractivity contribution in [2.24, 2.45) is 0 Å². The fourth-order valence-electron chi connectivity index (χ4n) is 1.30. The predicted octanol–water partition coefficient (Wildman–Crippen LogP) is 3.30. The van der Waals surface area contributed by atoms with Gasteiger partial charge in [-0.1, -0.05) is 0 Å². The van der Waals surface area contributed by atoms with Crippen LogP contribution in [0, 0.1) is 6.92 Å². The van der Waals surface area contributed by atoms with Crippen molar-refractivity contribution < 1.29 is 9.53 Å². The van der Waals surface area contributed by atoms with Crippen molar-refractivity contribution in [3.63, 3.8) is 0 Å². The van der Waals surface area contributed by atoms with Crippen LogP contribution in [0.1, 0.15) is 54.5 Å². The van der Waals surface area contributed by atoms with Gasteiger partial charge in [0.05, 0.1) is 0 Å². The molecule has 5 heteroatoms. The summed E-state index contributed by atoms with van der Waals surface area (Å²) >= 11 is 2.02. The van der Waals surface area contributed by atoms with E-state index in [9.17, 15) is 4.79 Å². The van der Waals surface area contributed by atoms with Gasteiger partial charge in [0.2, 0.25) is 0 Å². The summed E-state index contributed by atoms with van der Waals surface area (Å²) in [6, 6.07) is 0. The predicted molar refractivity (Wildman–Crippen MR) is 76.7 cm³/mol. The van der Waals surface area contributed by atoms with E-state index in [1.54, 1.807) is 11.8 Å². The average molecular weight is 334 g/mol. The zero-order valence-corrected chi connectivity index (χ0v) is 13.9. The maximum absolute atomic E-state index is 11.8. The molecule has 3 nitrogen and oxygen atoms in total. The summed E-state index contributed by atoms with van der Waals surface area (Å²) in [5.41, 5.74) is 0.560. The van der Waals surface area contributed by atoms with Crippen LogP contribution in [0.2, 0.25) is 0 Å². The van der Waals surface area contributed by atoms with Crippen LogP contribution >= 0.6 is 11.8 Å². The molecule has 1 aromatic heterocycles. The molecule has 1 aromatic rings. The van der Waals surface area contributed by atoms with Crippen molar-refractivity contribution in [2.75, 3.05) is 12.4 Å². The number of aromatic nitrogens is 1. The molecule has 0 aliphatic rings. The third-order valence-electron chi connectivity index (χ3n) is 2.42. The number of rotatable bonds is 8. The number of ether oxygens (including phenoxy) is 1. The molecule has 0 unspecified atom stereocenters. The fourth-order valence-corrected chi connectivity index (χ4v) is 4.98. The second-order valence-electron chi connectivity index (χ2n) is 4.08. The molecule has 1 heterocycles. The molecule has 0 amide bonds. The average Bonchev–Trinajstić information content (AvgIpc) is 2.71. The molecule has 0 N–H and O–H groups in total. The summed E-state index contributed by atoms with van der Waals surface area (Å²) in [5.74, 6) is 0.858. The SMILES string of the molecule is CCCCOC(=O)c1nc(SCCCC)[se]c1C. The van der Waals surface area contributed by atoms with Crippen molar-refractivity contribution in [3.8, 4) is 0 Å². The van der Waals surface area contributed by atoms with E-state index in [0.717, 1.165) is 26.9 Å². The normalized spacial score (nSPS) is 10.6. The van der Waals surface area contributed by atoms with Gasteiger partial charge in [-0.05, 0) is 0 Å². The van der Waals surface area contributed by atoms with E-state index >= 15 is 0 Å². The van der Waals surface area contributed by atoms with E-state index in [2.05, 4.69) is 18.8 Å². The van der Waals surface area contributed by atoms with Crippen molar-refractivity contribution in [3.05, 3.63) is 10.1 Å². The zero-order valence-electron chi connectivity index (χ0n) is 11.3. The molecule has 0 fully saturated rings. The first-order chi connectivity index (χ1) is 8.69. The van der Waals surface area contributed by atoms with Crippen LogP contribution in [0.15, 0.2) is 3.90 Å². The summed E-state index contributed by atoms with van der Waals surface area (Å²) < 4.78 is 7.43. The van der Waals surface area contributed by atoms with E-state index < -0.39 is 0 Å². The Morgan fingerprint density at radius 1 is 1.33 bits per heavy atom. The van der Waals surface area contributed by atoms with Gasteiger partial charge in [0.15, 0.2) is 0 Å². The first-order valence-corrected chi connectivity index (χ1v) is 9.16. The molecule has 0 saturated heterocycles. The monoisotopic (exact) mass is 335 g/mol. The van der Waals surface area contributed by atoms with Gasteiger partial charge >= 0.3 is 120 Å². The fraction of sp³-hybridized carbons (Fsp3) is 0.692. The van der Waals surface area contributed by atoms with E-state index in [1.807, 2.05) is 6.92 Å². The van der Waals surface area contributed by atoms with Crippen LogP contribution < -0.4 is 0 Å². The number of thioether (sulfide) groups is 1. The van der Waals surface area contributed by atoms with Gasteiger partial charge in [-0.2, -0.15) is 0 Å². The molecule has 18 heavy (non-hydrogen) atoms. The standard InChI is InChI=1S/C13H21NO2SSe/c1-4-6-8-16-12(15)11-10(3)18-13(14-11)17-9-7-5-2/h4-9H2,1-3H3. The molecule has 0 aliphatic heterocycles. The first-order valence-electron chi connectivity index (χ1n) is 6.46. The number of unbranched alkanes of at least 4 members (excludes halogenated alkanes) is 2. The van der Waals surface area contributed by atoms with Gasteiger partial charge in [-0.15, -0.1) is 0 Å². The Morgan fingerprint density at radius 2 is 2.06 bits per heavy atom. The molecule has 0 saturated carbocycles. The minimum absolute atomic E-state index is 0.234. The summed E-state index contributed by atoms with van der Waals surface area (Å²) in [5, 5.41) is 0. The minimum atomic E-state index is -0.242. The van der Waals surface area contributed by atoms with Gasteiger partial charge in [0.1, 0.15) is 0 Å². The molecule has 0 radical (unpaired) electrons. The molecule has 0 bridgehead atoms. The molecular weight excluding hydrogens is 313 g/mol. The van der Waals surface area contributed by atoms with Crippen LogP contribution in [0.25, 0.3) is 0 Å². The second-order valence-corrected chi connectivity index (χ2v) is 8.27. The number of hydrogen-bond acceptors (Lipinski definition) is 4. The number of hydrogen-bond donors (Lipinski definition) is 0.